The molecule has 1 saturated carbocycles. The SMILES string of the molecule is CC(C)(C)c1ncc(NC(=O)CC2(CN)CCCCC2)cn1. The smallest absolute Gasteiger partial charge is 0.225 e. The van der Waals surface area contributed by atoms with E-state index >= 15 is 0 Å². The number of nitrogens with one attached hydrogen (secondary N) is 1. The molecular formula is C17H28N4O. The standard InChI is InChI=1S/C17H28N4O/c1-16(2,3)15-19-10-13(11-20-15)21-14(22)9-17(12-18)7-5-4-6-8-17/h10-11H,4-9,12,18H2,1-3H3,(H,21,22). The number of anilines is 1. The van der Waals surface area contributed by atoms with Crippen molar-refractivity contribution in [1.29, 1.82) is 0 Å². The number of nitrogens with two attached hydrogens (primary N) is 1. The van der Waals surface area contributed by atoms with Crippen LogP contribution >= 0.6 is 0 Å². The summed E-state index contributed by atoms with van der Waals surface area (Å²) in [5.74, 6) is 0.788. The van der Waals surface area contributed by atoms with Gasteiger partial charge in [-0.2, -0.15) is 0 Å². The van der Waals surface area contributed by atoms with E-state index in [0.717, 1.165) is 18.7 Å². The Labute approximate surface area is 133 Å². The van der Waals surface area contributed by atoms with Crippen molar-refractivity contribution in [2.75, 3.05) is 11.9 Å². The van der Waals surface area contributed by atoms with Gasteiger partial charge >= 0.3 is 0 Å². The number of amides is 1. The molecule has 0 radical (unpaired) electrons. The zero-order chi connectivity index (χ0) is 16.2. The maximum Gasteiger partial charge on any atom is 0.225 e. The van der Waals surface area contributed by atoms with Crippen LogP contribution in [0.15, 0.2) is 12.4 Å². The van der Waals surface area contributed by atoms with Gasteiger partial charge in [0.25, 0.3) is 0 Å². The Balaban J connectivity index is 1.96. The molecule has 0 saturated heterocycles. The first-order chi connectivity index (χ1) is 10.3. The van der Waals surface area contributed by atoms with Crippen LogP contribution in [0.3, 0.4) is 0 Å². The molecule has 1 aliphatic carbocycles. The van der Waals surface area contributed by atoms with Crippen LogP contribution in [0.1, 0.15) is 65.1 Å². The highest BCUT2D eigenvalue weighted by atomic mass is 16.1. The van der Waals surface area contributed by atoms with Crippen molar-refractivity contribution in [3.63, 3.8) is 0 Å². The molecule has 5 nitrogen and oxygen atoms in total. The molecule has 0 unspecified atom stereocenters. The van der Waals surface area contributed by atoms with Crippen LogP contribution in [0.2, 0.25) is 0 Å². The summed E-state index contributed by atoms with van der Waals surface area (Å²) in [5.41, 5.74) is 6.49. The van der Waals surface area contributed by atoms with E-state index in [2.05, 4.69) is 36.1 Å². The van der Waals surface area contributed by atoms with Gasteiger partial charge in [-0.25, -0.2) is 9.97 Å². The molecule has 0 atom stereocenters. The molecule has 1 aromatic heterocycles. The van der Waals surface area contributed by atoms with E-state index < -0.39 is 0 Å². The number of hydrogen-bond acceptors (Lipinski definition) is 4. The van der Waals surface area contributed by atoms with Crippen LogP contribution in [0.5, 0.6) is 0 Å². The Kier molecular flexibility index (Phi) is 5.16. The van der Waals surface area contributed by atoms with E-state index in [1.807, 2.05) is 0 Å². The second-order valence-corrected chi connectivity index (χ2v) is 7.54. The summed E-state index contributed by atoms with van der Waals surface area (Å²) in [6.07, 6.45) is 9.56. The van der Waals surface area contributed by atoms with Crippen molar-refractivity contribution in [2.45, 2.75) is 64.7 Å². The topological polar surface area (TPSA) is 80.9 Å². The third kappa shape index (κ3) is 4.26. The van der Waals surface area contributed by atoms with Crippen molar-refractivity contribution < 1.29 is 4.79 Å². The zero-order valence-corrected chi connectivity index (χ0v) is 14.0. The molecule has 0 aliphatic heterocycles. The van der Waals surface area contributed by atoms with Gasteiger partial charge in [-0.15, -0.1) is 0 Å². The number of nitrogens with zero attached hydrogens (tertiary/aromatic N) is 2. The van der Waals surface area contributed by atoms with E-state index in [1.54, 1.807) is 12.4 Å². The fourth-order valence-electron chi connectivity index (χ4n) is 3.08. The lowest BCUT2D eigenvalue weighted by atomic mass is 9.71. The number of rotatable bonds is 4. The second kappa shape index (κ2) is 6.73. The normalized spacial score (nSPS) is 18.0. The predicted molar refractivity (Wildman–Crippen MR) is 88.6 cm³/mol. The van der Waals surface area contributed by atoms with Gasteiger partial charge in [-0.3, -0.25) is 4.79 Å². The largest absolute Gasteiger partial charge is 0.330 e. The lowest BCUT2D eigenvalue weighted by molar-refractivity contribution is -0.118. The van der Waals surface area contributed by atoms with Crippen LogP contribution in [0.4, 0.5) is 5.69 Å². The fourth-order valence-corrected chi connectivity index (χ4v) is 3.08. The monoisotopic (exact) mass is 304 g/mol. The molecule has 22 heavy (non-hydrogen) atoms. The van der Waals surface area contributed by atoms with E-state index in [-0.39, 0.29) is 16.7 Å². The average Bonchev–Trinajstić information content (AvgIpc) is 2.47. The molecule has 0 aromatic carbocycles. The first-order valence-electron chi connectivity index (χ1n) is 8.17. The van der Waals surface area contributed by atoms with Gasteiger partial charge in [0.2, 0.25) is 5.91 Å². The molecule has 1 heterocycles. The van der Waals surface area contributed by atoms with Gasteiger partial charge in [0, 0.05) is 11.8 Å². The summed E-state index contributed by atoms with van der Waals surface area (Å²) >= 11 is 0. The van der Waals surface area contributed by atoms with Gasteiger partial charge in [0.15, 0.2) is 0 Å². The Morgan fingerprint density at radius 3 is 2.32 bits per heavy atom. The minimum Gasteiger partial charge on any atom is -0.330 e. The van der Waals surface area contributed by atoms with Crippen LogP contribution in [0, 0.1) is 5.41 Å². The quantitative estimate of drug-likeness (QED) is 0.896. The van der Waals surface area contributed by atoms with Crippen LogP contribution in [-0.2, 0) is 10.2 Å². The van der Waals surface area contributed by atoms with Gasteiger partial charge in [0.1, 0.15) is 5.82 Å². The van der Waals surface area contributed by atoms with E-state index in [4.69, 9.17) is 5.73 Å². The molecule has 5 heteroatoms. The summed E-state index contributed by atoms with van der Waals surface area (Å²) in [7, 11) is 0. The van der Waals surface area contributed by atoms with Crippen LogP contribution in [0.25, 0.3) is 0 Å². The number of hydrogen-bond donors (Lipinski definition) is 2. The molecular weight excluding hydrogens is 276 g/mol. The average molecular weight is 304 g/mol. The first-order valence-corrected chi connectivity index (χ1v) is 8.17. The Bertz CT molecular complexity index is 498. The lowest BCUT2D eigenvalue weighted by Crippen LogP contribution is -2.36. The van der Waals surface area contributed by atoms with Crippen molar-refractivity contribution in [2.24, 2.45) is 11.1 Å². The predicted octanol–water partition coefficient (Wildman–Crippen LogP) is 3.01. The zero-order valence-electron chi connectivity index (χ0n) is 14.0. The Hall–Kier alpha value is -1.49. The first kappa shape index (κ1) is 16.9. The summed E-state index contributed by atoms with van der Waals surface area (Å²) in [5, 5.41) is 2.91. The molecule has 1 aromatic rings. The molecule has 0 spiro atoms. The minimum atomic E-state index is -0.0890. The van der Waals surface area contributed by atoms with Gasteiger partial charge < -0.3 is 11.1 Å². The van der Waals surface area contributed by atoms with Crippen LogP contribution in [-0.4, -0.2) is 22.4 Å². The summed E-state index contributed by atoms with van der Waals surface area (Å²) in [4.78, 5) is 21.0. The third-order valence-electron chi connectivity index (χ3n) is 4.49. The van der Waals surface area contributed by atoms with Crippen molar-refractivity contribution in [3.05, 3.63) is 18.2 Å². The van der Waals surface area contributed by atoms with E-state index in [0.29, 0.717) is 18.7 Å². The number of carbonyl (C=O) groups is 1. The fraction of sp³-hybridized carbons (Fsp3) is 0.706. The van der Waals surface area contributed by atoms with Crippen molar-refractivity contribution in [3.8, 4) is 0 Å². The highest BCUT2D eigenvalue weighted by Crippen LogP contribution is 2.38. The van der Waals surface area contributed by atoms with Crippen molar-refractivity contribution >= 4 is 11.6 Å². The molecule has 1 amide bonds. The van der Waals surface area contributed by atoms with Gasteiger partial charge in [0.05, 0.1) is 18.1 Å². The van der Waals surface area contributed by atoms with E-state index in [9.17, 15) is 4.79 Å². The van der Waals surface area contributed by atoms with Gasteiger partial charge in [-0.1, -0.05) is 40.0 Å². The maximum atomic E-state index is 12.3. The minimum absolute atomic E-state index is 0.0134. The maximum absolute atomic E-state index is 12.3. The number of aromatic nitrogens is 2. The Morgan fingerprint density at radius 1 is 1.23 bits per heavy atom. The van der Waals surface area contributed by atoms with Gasteiger partial charge in [-0.05, 0) is 24.8 Å². The molecule has 1 fully saturated rings. The lowest BCUT2D eigenvalue weighted by Gasteiger charge is -2.35. The second-order valence-electron chi connectivity index (χ2n) is 7.54. The molecule has 3 N–H and O–H groups in total. The highest BCUT2D eigenvalue weighted by Gasteiger charge is 2.33. The van der Waals surface area contributed by atoms with Crippen molar-refractivity contribution in [1.82, 2.24) is 9.97 Å². The molecule has 122 valence electrons. The van der Waals surface area contributed by atoms with Crippen LogP contribution < -0.4 is 11.1 Å². The molecule has 1 aliphatic rings. The molecule has 0 bridgehead atoms. The summed E-state index contributed by atoms with van der Waals surface area (Å²) in [6.45, 7) is 6.78. The number of carbonyl (C=O) groups excluding carboxylic acids is 1. The summed E-state index contributed by atoms with van der Waals surface area (Å²) in [6, 6.07) is 0. The highest BCUT2D eigenvalue weighted by molar-refractivity contribution is 5.90. The van der Waals surface area contributed by atoms with E-state index in [1.165, 1.54) is 19.3 Å². The Morgan fingerprint density at radius 2 is 1.82 bits per heavy atom. The summed E-state index contributed by atoms with van der Waals surface area (Å²) < 4.78 is 0. The molecule has 2 rings (SSSR count). The third-order valence-corrected chi connectivity index (χ3v) is 4.49.